The minimum absolute atomic E-state index is 0.356. The predicted molar refractivity (Wildman–Crippen MR) is 57.2 cm³/mol. The summed E-state index contributed by atoms with van der Waals surface area (Å²) >= 11 is 0. The molecule has 1 aromatic rings. The normalized spacial score (nSPS) is 12.1. The number of aromatic nitrogens is 1. The first-order chi connectivity index (χ1) is 8.97. The van der Waals surface area contributed by atoms with Gasteiger partial charge in [-0.05, 0) is 0 Å². The van der Waals surface area contributed by atoms with Crippen LogP contribution in [0.1, 0.15) is 0 Å². The van der Waals surface area contributed by atoms with Crippen molar-refractivity contribution in [3.05, 3.63) is 16.3 Å². The number of hydrogen-bond acceptors (Lipinski definition) is 7. The van der Waals surface area contributed by atoms with Gasteiger partial charge in [0.2, 0.25) is 5.75 Å². The van der Waals surface area contributed by atoms with Crippen LogP contribution in [0.5, 0.6) is 11.6 Å². The van der Waals surface area contributed by atoms with Crippen molar-refractivity contribution >= 4 is 25.4 Å². The molecule has 1 aromatic heterocycles. The molecule has 1 heterocycles. The summed E-state index contributed by atoms with van der Waals surface area (Å²) in [5.74, 6) is -2.48. The van der Waals surface area contributed by atoms with E-state index >= 15 is 0 Å². The van der Waals surface area contributed by atoms with Crippen LogP contribution in [0.3, 0.4) is 0 Å². The lowest BCUT2D eigenvalue weighted by molar-refractivity contribution is -0.390. The maximum atomic E-state index is 12.1. The Balaban J connectivity index is 3.63. The van der Waals surface area contributed by atoms with Gasteiger partial charge in [0, 0.05) is 10.7 Å². The number of nitro groups is 1. The number of halogens is 4. The van der Waals surface area contributed by atoms with Crippen LogP contribution in [0.25, 0.3) is 0 Å². The van der Waals surface area contributed by atoms with E-state index < -0.39 is 42.5 Å². The fourth-order valence-corrected chi connectivity index (χ4v) is 2.08. The molecule has 1 rings (SSSR count). The summed E-state index contributed by atoms with van der Waals surface area (Å²) in [4.78, 5) is 11.4. The van der Waals surface area contributed by atoms with Gasteiger partial charge >= 0.3 is 17.9 Å². The molecule has 0 fully saturated rings. The SMILES string of the molecule is COc1c(S(=O)(=O)Cl)cnc(OC(F)(F)F)c1[N+](=O)[O-]. The molecule has 0 saturated heterocycles. The molecule has 0 atom stereocenters. The average molecular weight is 337 g/mol. The molecule has 0 bridgehead atoms. The lowest BCUT2D eigenvalue weighted by Gasteiger charge is -2.11. The van der Waals surface area contributed by atoms with E-state index in [1.807, 2.05) is 0 Å². The fraction of sp³-hybridized carbons (Fsp3) is 0.286. The number of methoxy groups -OCH3 is 1. The number of hydrogen-bond donors (Lipinski definition) is 0. The number of nitrogens with zero attached hydrogens (tertiary/aromatic N) is 2. The molecular formula is C7H4ClF3N2O6S. The van der Waals surface area contributed by atoms with Crippen molar-refractivity contribution in [1.29, 1.82) is 0 Å². The van der Waals surface area contributed by atoms with Gasteiger partial charge in [-0.3, -0.25) is 10.1 Å². The van der Waals surface area contributed by atoms with Crippen molar-refractivity contribution in [3.8, 4) is 11.6 Å². The van der Waals surface area contributed by atoms with Crippen molar-refractivity contribution in [2.75, 3.05) is 7.11 Å². The quantitative estimate of drug-likeness (QED) is 0.468. The first-order valence-electron chi connectivity index (χ1n) is 4.39. The number of pyridine rings is 1. The van der Waals surface area contributed by atoms with Crippen LogP contribution >= 0.6 is 10.7 Å². The summed E-state index contributed by atoms with van der Waals surface area (Å²) in [5, 5.41) is 10.8. The highest BCUT2D eigenvalue weighted by Gasteiger charge is 2.39. The molecule has 0 amide bonds. The summed E-state index contributed by atoms with van der Waals surface area (Å²) in [5.41, 5.74) is -1.41. The van der Waals surface area contributed by atoms with Crippen molar-refractivity contribution in [3.63, 3.8) is 0 Å². The van der Waals surface area contributed by atoms with Gasteiger partial charge in [-0.1, -0.05) is 0 Å². The highest BCUT2D eigenvalue weighted by atomic mass is 35.7. The van der Waals surface area contributed by atoms with Crippen LogP contribution in [0.4, 0.5) is 18.9 Å². The lowest BCUT2D eigenvalue weighted by Crippen LogP contribution is -2.19. The second-order valence-electron chi connectivity index (χ2n) is 3.05. The first kappa shape index (κ1) is 16.2. The third kappa shape index (κ3) is 3.60. The molecule has 0 unspecified atom stereocenters. The van der Waals surface area contributed by atoms with Gasteiger partial charge in [0.1, 0.15) is 0 Å². The first-order valence-corrected chi connectivity index (χ1v) is 6.70. The average Bonchev–Trinajstić information content (AvgIpc) is 2.23. The van der Waals surface area contributed by atoms with E-state index in [1.165, 1.54) is 0 Å². The summed E-state index contributed by atoms with van der Waals surface area (Å²) in [6.45, 7) is 0. The highest BCUT2D eigenvalue weighted by molar-refractivity contribution is 8.13. The van der Waals surface area contributed by atoms with Gasteiger partial charge in [0.25, 0.3) is 9.05 Å². The summed E-state index contributed by atoms with van der Waals surface area (Å²) in [6, 6.07) is 0. The second kappa shape index (κ2) is 5.28. The molecule has 20 heavy (non-hydrogen) atoms. The lowest BCUT2D eigenvalue weighted by atomic mass is 10.3. The van der Waals surface area contributed by atoms with E-state index in [0.29, 0.717) is 6.20 Å². The monoisotopic (exact) mass is 336 g/mol. The Bertz CT molecular complexity index is 647. The number of alkyl halides is 3. The van der Waals surface area contributed by atoms with Crippen LogP contribution < -0.4 is 9.47 Å². The topological polar surface area (TPSA) is 109 Å². The van der Waals surface area contributed by atoms with Gasteiger partial charge in [-0.15, -0.1) is 13.2 Å². The summed E-state index contributed by atoms with van der Waals surface area (Å²) in [7, 11) is 1.26. The molecule has 0 aromatic carbocycles. The Labute approximate surface area is 113 Å². The molecular weight excluding hydrogens is 333 g/mol. The Morgan fingerprint density at radius 2 is 2.00 bits per heavy atom. The third-order valence-corrected chi connectivity index (χ3v) is 3.12. The highest BCUT2D eigenvalue weighted by Crippen LogP contribution is 2.42. The van der Waals surface area contributed by atoms with Crippen LogP contribution in [0, 0.1) is 10.1 Å². The smallest absolute Gasteiger partial charge is 0.489 e. The van der Waals surface area contributed by atoms with E-state index in [9.17, 15) is 31.7 Å². The van der Waals surface area contributed by atoms with Crippen molar-refractivity contribution in [2.45, 2.75) is 11.3 Å². The Kier molecular flexibility index (Phi) is 4.29. The van der Waals surface area contributed by atoms with E-state index in [4.69, 9.17) is 10.7 Å². The maximum Gasteiger partial charge on any atom is 0.574 e. The van der Waals surface area contributed by atoms with Gasteiger partial charge in [0.05, 0.1) is 18.2 Å². The maximum absolute atomic E-state index is 12.1. The molecule has 0 saturated carbocycles. The minimum atomic E-state index is -5.26. The summed E-state index contributed by atoms with van der Waals surface area (Å²) < 4.78 is 66.3. The Morgan fingerprint density at radius 1 is 1.45 bits per heavy atom. The molecule has 112 valence electrons. The Hall–Kier alpha value is -1.82. The van der Waals surface area contributed by atoms with Gasteiger partial charge in [-0.2, -0.15) is 0 Å². The molecule has 13 heteroatoms. The molecule has 0 aliphatic rings. The number of rotatable bonds is 4. The fourth-order valence-electron chi connectivity index (χ4n) is 1.17. The van der Waals surface area contributed by atoms with Crippen molar-refractivity contribution in [2.24, 2.45) is 0 Å². The molecule has 0 aliphatic heterocycles. The molecule has 0 aliphatic carbocycles. The zero-order valence-electron chi connectivity index (χ0n) is 9.34. The van der Waals surface area contributed by atoms with Crippen LogP contribution in [-0.4, -0.2) is 31.8 Å². The minimum Gasteiger partial charge on any atom is -0.489 e. The van der Waals surface area contributed by atoms with Crippen LogP contribution in [-0.2, 0) is 9.05 Å². The van der Waals surface area contributed by atoms with Crippen molar-refractivity contribution < 1.29 is 36.0 Å². The zero-order valence-corrected chi connectivity index (χ0v) is 10.9. The van der Waals surface area contributed by atoms with Crippen LogP contribution in [0.15, 0.2) is 11.1 Å². The van der Waals surface area contributed by atoms with Crippen LogP contribution in [0.2, 0.25) is 0 Å². The van der Waals surface area contributed by atoms with Gasteiger partial charge in [-0.25, -0.2) is 13.4 Å². The molecule has 0 spiro atoms. The molecule has 8 nitrogen and oxygen atoms in total. The van der Waals surface area contributed by atoms with Gasteiger partial charge in [0.15, 0.2) is 4.90 Å². The van der Waals surface area contributed by atoms with Gasteiger partial charge < -0.3 is 9.47 Å². The van der Waals surface area contributed by atoms with E-state index in [1.54, 1.807) is 0 Å². The predicted octanol–water partition coefficient (Wildman–Crippen LogP) is 1.82. The second-order valence-corrected chi connectivity index (χ2v) is 5.59. The van der Waals surface area contributed by atoms with E-state index in [0.717, 1.165) is 7.11 Å². The summed E-state index contributed by atoms with van der Waals surface area (Å²) in [6.07, 6.45) is -4.90. The van der Waals surface area contributed by atoms with Crippen molar-refractivity contribution in [1.82, 2.24) is 4.98 Å². The molecule has 0 radical (unpaired) electrons. The number of ether oxygens (including phenoxy) is 2. The Morgan fingerprint density at radius 3 is 2.35 bits per heavy atom. The molecule has 0 N–H and O–H groups in total. The largest absolute Gasteiger partial charge is 0.574 e. The third-order valence-electron chi connectivity index (χ3n) is 1.80. The zero-order chi connectivity index (χ0) is 15.7. The standard InChI is InChI=1S/C7H4ClF3N2O6S/c1-18-5-3(20(8,16)17)2-12-6(4(5)13(14)15)19-7(9,10)11/h2H,1H3. The van der Waals surface area contributed by atoms with E-state index in [-0.39, 0.29) is 0 Å². The van der Waals surface area contributed by atoms with E-state index in [2.05, 4.69) is 14.5 Å².